The number of carbonyl (C=O) groups excluding carboxylic acids is 1. The van der Waals surface area contributed by atoms with Crippen LogP contribution in [0, 0.1) is 6.92 Å². The van der Waals surface area contributed by atoms with E-state index < -0.39 is 0 Å². The number of nitrogens with zero attached hydrogens (tertiary/aromatic N) is 3. The molecule has 0 radical (unpaired) electrons. The van der Waals surface area contributed by atoms with Gasteiger partial charge in [-0.05, 0) is 18.6 Å². The molecule has 2 heterocycles. The summed E-state index contributed by atoms with van der Waals surface area (Å²) in [4.78, 5) is 21.0. The molecule has 3 rings (SSSR count). The number of thiazole rings is 1. The van der Waals surface area contributed by atoms with Crippen LogP contribution in [0.15, 0.2) is 29.6 Å². The summed E-state index contributed by atoms with van der Waals surface area (Å²) in [5.41, 5.74) is 8.61. The molecular weight excluding hydrogens is 296 g/mol. The highest BCUT2D eigenvalue weighted by Gasteiger charge is 2.24. The van der Waals surface area contributed by atoms with Crippen molar-refractivity contribution in [2.24, 2.45) is 5.73 Å². The standard InChI is InChI=1S/C16H20N4OS/c1-12-4-2-3-5-14(12)19-6-8-20(9-7-19)16(21)13-11-22-15(10-17)18-13/h2-5,11H,6-10,17H2,1H3. The van der Waals surface area contributed by atoms with Crippen LogP contribution in [0.2, 0.25) is 0 Å². The molecule has 0 saturated carbocycles. The highest BCUT2D eigenvalue weighted by Crippen LogP contribution is 2.21. The molecule has 2 N–H and O–H groups in total. The molecule has 0 atom stereocenters. The number of amides is 1. The number of aryl methyl sites for hydroxylation is 1. The molecule has 5 nitrogen and oxygen atoms in total. The van der Waals surface area contributed by atoms with Crippen molar-refractivity contribution in [3.05, 3.63) is 45.9 Å². The van der Waals surface area contributed by atoms with Gasteiger partial charge in [0.1, 0.15) is 10.7 Å². The van der Waals surface area contributed by atoms with Crippen LogP contribution < -0.4 is 10.6 Å². The van der Waals surface area contributed by atoms with Crippen molar-refractivity contribution in [1.82, 2.24) is 9.88 Å². The van der Waals surface area contributed by atoms with Gasteiger partial charge in [-0.25, -0.2) is 4.98 Å². The predicted molar refractivity (Wildman–Crippen MR) is 89.3 cm³/mol. The van der Waals surface area contributed by atoms with E-state index in [1.807, 2.05) is 4.90 Å². The molecule has 1 aliphatic heterocycles. The number of benzene rings is 1. The Morgan fingerprint density at radius 3 is 2.64 bits per heavy atom. The number of aromatic nitrogens is 1. The lowest BCUT2D eigenvalue weighted by Crippen LogP contribution is -2.49. The first-order valence-electron chi connectivity index (χ1n) is 7.43. The van der Waals surface area contributed by atoms with Crippen molar-refractivity contribution in [3.63, 3.8) is 0 Å². The summed E-state index contributed by atoms with van der Waals surface area (Å²) in [6.45, 7) is 5.66. The minimum atomic E-state index is 0.0142. The van der Waals surface area contributed by atoms with E-state index in [4.69, 9.17) is 5.73 Å². The number of piperazine rings is 1. The molecular formula is C16H20N4OS. The summed E-state index contributed by atoms with van der Waals surface area (Å²) in [5, 5.41) is 2.61. The van der Waals surface area contributed by atoms with Crippen LogP contribution in [0.1, 0.15) is 21.1 Å². The van der Waals surface area contributed by atoms with Crippen LogP contribution in [-0.2, 0) is 6.54 Å². The third kappa shape index (κ3) is 2.98. The Bertz CT molecular complexity index is 662. The summed E-state index contributed by atoms with van der Waals surface area (Å²) < 4.78 is 0. The first kappa shape index (κ1) is 15.0. The van der Waals surface area contributed by atoms with Crippen LogP contribution in [0.4, 0.5) is 5.69 Å². The van der Waals surface area contributed by atoms with E-state index in [0.717, 1.165) is 31.2 Å². The Morgan fingerprint density at radius 1 is 1.27 bits per heavy atom. The maximum absolute atomic E-state index is 12.4. The average molecular weight is 316 g/mol. The summed E-state index contributed by atoms with van der Waals surface area (Å²) in [5.74, 6) is 0.0142. The van der Waals surface area contributed by atoms with Crippen molar-refractivity contribution < 1.29 is 4.79 Å². The Morgan fingerprint density at radius 2 is 2.00 bits per heavy atom. The van der Waals surface area contributed by atoms with E-state index in [0.29, 0.717) is 12.2 Å². The van der Waals surface area contributed by atoms with Crippen LogP contribution >= 0.6 is 11.3 Å². The van der Waals surface area contributed by atoms with Crippen LogP contribution in [0.3, 0.4) is 0 Å². The second kappa shape index (κ2) is 6.46. The lowest BCUT2D eigenvalue weighted by Gasteiger charge is -2.36. The molecule has 22 heavy (non-hydrogen) atoms. The zero-order chi connectivity index (χ0) is 15.5. The van der Waals surface area contributed by atoms with Crippen molar-refractivity contribution in [2.75, 3.05) is 31.1 Å². The molecule has 1 aliphatic rings. The third-order valence-electron chi connectivity index (χ3n) is 3.97. The topological polar surface area (TPSA) is 62.5 Å². The Balaban J connectivity index is 1.64. The molecule has 116 valence electrons. The van der Waals surface area contributed by atoms with Gasteiger partial charge in [-0.2, -0.15) is 0 Å². The molecule has 0 unspecified atom stereocenters. The molecule has 0 bridgehead atoms. The second-order valence-electron chi connectivity index (χ2n) is 5.40. The Kier molecular flexibility index (Phi) is 4.40. The molecule has 1 aromatic carbocycles. The second-order valence-corrected chi connectivity index (χ2v) is 6.34. The van der Waals surface area contributed by atoms with E-state index in [-0.39, 0.29) is 5.91 Å². The monoisotopic (exact) mass is 316 g/mol. The van der Waals surface area contributed by atoms with E-state index in [2.05, 4.69) is 41.1 Å². The van der Waals surface area contributed by atoms with Gasteiger partial charge in [0.05, 0.1) is 0 Å². The highest BCUT2D eigenvalue weighted by atomic mass is 32.1. The maximum Gasteiger partial charge on any atom is 0.273 e. The normalized spacial score (nSPS) is 15.2. The molecule has 6 heteroatoms. The van der Waals surface area contributed by atoms with Gasteiger partial charge in [-0.3, -0.25) is 4.79 Å². The lowest BCUT2D eigenvalue weighted by atomic mass is 10.1. The fraction of sp³-hybridized carbons (Fsp3) is 0.375. The molecule has 1 fully saturated rings. The number of anilines is 1. The van der Waals surface area contributed by atoms with Gasteiger partial charge in [0.15, 0.2) is 0 Å². The quantitative estimate of drug-likeness (QED) is 0.939. The van der Waals surface area contributed by atoms with Gasteiger partial charge >= 0.3 is 0 Å². The SMILES string of the molecule is Cc1ccccc1N1CCN(C(=O)c2csc(CN)n2)CC1. The first-order chi connectivity index (χ1) is 10.7. The number of hydrogen-bond acceptors (Lipinski definition) is 5. The van der Waals surface area contributed by atoms with Gasteiger partial charge in [-0.15, -0.1) is 11.3 Å². The number of nitrogens with two attached hydrogens (primary N) is 1. The number of rotatable bonds is 3. The van der Waals surface area contributed by atoms with E-state index in [1.54, 1.807) is 5.38 Å². The summed E-state index contributed by atoms with van der Waals surface area (Å²) in [6, 6.07) is 8.37. The average Bonchev–Trinajstić information content (AvgIpc) is 3.04. The minimum absolute atomic E-state index is 0.0142. The van der Waals surface area contributed by atoms with Crippen LogP contribution in [0.5, 0.6) is 0 Å². The zero-order valence-corrected chi connectivity index (χ0v) is 13.5. The van der Waals surface area contributed by atoms with Gasteiger partial charge in [0, 0.05) is 43.8 Å². The summed E-state index contributed by atoms with van der Waals surface area (Å²) >= 11 is 1.45. The van der Waals surface area contributed by atoms with Crippen molar-refractivity contribution >= 4 is 22.9 Å². The summed E-state index contributed by atoms with van der Waals surface area (Å²) in [6.07, 6.45) is 0. The van der Waals surface area contributed by atoms with Crippen LogP contribution in [-0.4, -0.2) is 42.0 Å². The Labute approximate surface area is 134 Å². The fourth-order valence-corrected chi connectivity index (χ4v) is 3.38. The van der Waals surface area contributed by atoms with Gasteiger partial charge in [0.25, 0.3) is 5.91 Å². The molecule has 1 saturated heterocycles. The van der Waals surface area contributed by atoms with Gasteiger partial charge in [-0.1, -0.05) is 18.2 Å². The molecule has 1 amide bonds. The highest BCUT2D eigenvalue weighted by molar-refractivity contribution is 7.09. The molecule has 2 aromatic rings. The predicted octanol–water partition coefficient (Wildman–Crippen LogP) is 1.87. The molecule has 0 aliphatic carbocycles. The van der Waals surface area contributed by atoms with E-state index in [1.165, 1.54) is 22.6 Å². The maximum atomic E-state index is 12.4. The van der Waals surface area contributed by atoms with Gasteiger partial charge in [0.2, 0.25) is 0 Å². The van der Waals surface area contributed by atoms with Crippen molar-refractivity contribution in [2.45, 2.75) is 13.5 Å². The minimum Gasteiger partial charge on any atom is -0.368 e. The summed E-state index contributed by atoms with van der Waals surface area (Å²) in [7, 11) is 0. The third-order valence-corrected chi connectivity index (χ3v) is 4.84. The smallest absolute Gasteiger partial charge is 0.273 e. The largest absolute Gasteiger partial charge is 0.368 e. The van der Waals surface area contributed by atoms with Crippen LogP contribution in [0.25, 0.3) is 0 Å². The fourth-order valence-electron chi connectivity index (χ4n) is 2.73. The van der Waals surface area contributed by atoms with Gasteiger partial charge < -0.3 is 15.5 Å². The molecule has 0 spiro atoms. The van der Waals surface area contributed by atoms with E-state index >= 15 is 0 Å². The molecule has 1 aromatic heterocycles. The first-order valence-corrected chi connectivity index (χ1v) is 8.31. The zero-order valence-electron chi connectivity index (χ0n) is 12.7. The van der Waals surface area contributed by atoms with E-state index in [9.17, 15) is 4.79 Å². The van der Waals surface area contributed by atoms with Crippen molar-refractivity contribution in [3.8, 4) is 0 Å². The number of para-hydroxylation sites is 1. The number of hydrogen-bond donors (Lipinski definition) is 1. The Hall–Kier alpha value is -1.92. The van der Waals surface area contributed by atoms with Crippen molar-refractivity contribution in [1.29, 1.82) is 0 Å². The lowest BCUT2D eigenvalue weighted by molar-refractivity contribution is 0.0741. The number of carbonyl (C=O) groups is 1.